The Hall–Kier alpha value is -0.120. The number of hydrogen-bond acceptors (Lipinski definition) is 3. The molecule has 0 radical (unpaired) electrons. The molecule has 1 saturated heterocycles. The van der Waals surface area contributed by atoms with E-state index in [0.29, 0.717) is 24.1 Å². The molecule has 1 fully saturated rings. The minimum absolute atomic E-state index is 0.344. The first-order chi connectivity index (χ1) is 8.08. The van der Waals surface area contributed by atoms with E-state index in [4.69, 9.17) is 4.74 Å². The van der Waals surface area contributed by atoms with Crippen molar-refractivity contribution >= 4 is 0 Å². The Morgan fingerprint density at radius 2 is 2.00 bits per heavy atom. The van der Waals surface area contributed by atoms with Crippen LogP contribution in [0.4, 0.5) is 0 Å². The molecule has 1 aliphatic rings. The Morgan fingerprint density at radius 1 is 1.29 bits per heavy atom. The summed E-state index contributed by atoms with van der Waals surface area (Å²) in [5.41, 5.74) is 0. The second-order valence-electron chi connectivity index (χ2n) is 5.54. The summed E-state index contributed by atoms with van der Waals surface area (Å²) in [7, 11) is 0. The van der Waals surface area contributed by atoms with Crippen LogP contribution in [-0.2, 0) is 4.74 Å². The van der Waals surface area contributed by atoms with Gasteiger partial charge in [-0.1, -0.05) is 20.8 Å². The molecule has 3 nitrogen and oxygen atoms in total. The normalized spacial score (nSPS) is 28.6. The Bertz CT molecular complexity index is 208. The van der Waals surface area contributed by atoms with Crippen LogP contribution in [0.15, 0.2) is 0 Å². The zero-order valence-corrected chi connectivity index (χ0v) is 12.2. The van der Waals surface area contributed by atoms with Gasteiger partial charge in [-0.05, 0) is 26.2 Å². The Morgan fingerprint density at radius 3 is 2.53 bits per heavy atom. The van der Waals surface area contributed by atoms with Gasteiger partial charge in [0.15, 0.2) is 0 Å². The molecule has 0 aromatic heterocycles. The fraction of sp³-hybridized carbons (Fsp3) is 1.00. The zero-order valence-electron chi connectivity index (χ0n) is 12.2. The molecule has 0 aliphatic carbocycles. The molecular formula is C14H30N2O. The van der Waals surface area contributed by atoms with Gasteiger partial charge in [0.05, 0.1) is 6.10 Å². The standard InChI is InChI=1S/C14H30N2O/c1-6-13-10-16(9-12(5)17-7-2)14(8-15-13)11(3)4/h11-15H,6-10H2,1-5H3. The highest BCUT2D eigenvalue weighted by molar-refractivity contribution is 4.87. The maximum absolute atomic E-state index is 5.68. The molecule has 17 heavy (non-hydrogen) atoms. The molecule has 0 amide bonds. The number of nitrogens with zero attached hydrogens (tertiary/aromatic N) is 1. The fourth-order valence-electron chi connectivity index (χ4n) is 2.71. The summed E-state index contributed by atoms with van der Waals surface area (Å²) in [6.07, 6.45) is 1.56. The average Bonchev–Trinajstić information content (AvgIpc) is 2.28. The molecule has 0 spiro atoms. The van der Waals surface area contributed by atoms with Crippen LogP contribution in [-0.4, -0.2) is 49.3 Å². The van der Waals surface area contributed by atoms with Crippen LogP contribution in [0.3, 0.4) is 0 Å². The van der Waals surface area contributed by atoms with Crippen molar-refractivity contribution in [2.75, 3.05) is 26.2 Å². The fourth-order valence-corrected chi connectivity index (χ4v) is 2.71. The van der Waals surface area contributed by atoms with Crippen LogP contribution >= 0.6 is 0 Å². The average molecular weight is 242 g/mol. The van der Waals surface area contributed by atoms with E-state index in [1.54, 1.807) is 0 Å². The number of nitrogens with one attached hydrogen (secondary N) is 1. The first-order valence-corrected chi connectivity index (χ1v) is 7.17. The first-order valence-electron chi connectivity index (χ1n) is 7.17. The van der Waals surface area contributed by atoms with Gasteiger partial charge in [0.2, 0.25) is 0 Å². The number of rotatable bonds is 6. The molecule has 0 bridgehead atoms. The predicted molar refractivity (Wildman–Crippen MR) is 73.4 cm³/mol. The van der Waals surface area contributed by atoms with E-state index in [-0.39, 0.29) is 0 Å². The lowest BCUT2D eigenvalue weighted by Gasteiger charge is -2.43. The summed E-state index contributed by atoms with van der Waals surface area (Å²) in [6, 6.07) is 1.31. The molecule has 102 valence electrons. The topological polar surface area (TPSA) is 24.5 Å². The van der Waals surface area contributed by atoms with Gasteiger partial charge >= 0.3 is 0 Å². The molecule has 1 rings (SSSR count). The van der Waals surface area contributed by atoms with Crippen molar-refractivity contribution in [3.63, 3.8) is 0 Å². The molecule has 1 heterocycles. The molecule has 3 atom stereocenters. The van der Waals surface area contributed by atoms with E-state index in [2.05, 4.69) is 44.8 Å². The summed E-state index contributed by atoms with van der Waals surface area (Å²) in [5.74, 6) is 0.703. The second-order valence-corrected chi connectivity index (χ2v) is 5.54. The summed E-state index contributed by atoms with van der Waals surface area (Å²) < 4.78 is 5.68. The van der Waals surface area contributed by atoms with E-state index in [9.17, 15) is 0 Å². The van der Waals surface area contributed by atoms with Crippen LogP contribution in [0, 0.1) is 5.92 Å². The number of piperazine rings is 1. The lowest BCUT2D eigenvalue weighted by atomic mass is 9.97. The smallest absolute Gasteiger partial charge is 0.0673 e. The van der Waals surface area contributed by atoms with E-state index in [1.165, 1.54) is 6.42 Å². The molecule has 0 aromatic rings. The largest absolute Gasteiger partial charge is 0.377 e. The van der Waals surface area contributed by atoms with Crippen molar-refractivity contribution in [3.05, 3.63) is 0 Å². The monoisotopic (exact) mass is 242 g/mol. The third-order valence-corrected chi connectivity index (χ3v) is 3.74. The Balaban J connectivity index is 2.54. The zero-order chi connectivity index (χ0) is 12.8. The lowest BCUT2D eigenvalue weighted by molar-refractivity contribution is 0.0103. The van der Waals surface area contributed by atoms with Crippen molar-refractivity contribution in [1.82, 2.24) is 10.2 Å². The van der Waals surface area contributed by atoms with E-state index in [1.807, 2.05) is 0 Å². The molecule has 3 heteroatoms. The van der Waals surface area contributed by atoms with Gasteiger partial charge < -0.3 is 10.1 Å². The minimum atomic E-state index is 0.344. The van der Waals surface area contributed by atoms with E-state index >= 15 is 0 Å². The minimum Gasteiger partial charge on any atom is -0.377 e. The Labute approximate surface area is 107 Å². The molecule has 0 aromatic carbocycles. The summed E-state index contributed by atoms with van der Waals surface area (Å²) in [4.78, 5) is 2.62. The third-order valence-electron chi connectivity index (χ3n) is 3.74. The van der Waals surface area contributed by atoms with Crippen molar-refractivity contribution in [2.45, 2.75) is 59.2 Å². The molecule has 1 N–H and O–H groups in total. The van der Waals surface area contributed by atoms with Gasteiger partial charge in [0.1, 0.15) is 0 Å². The van der Waals surface area contributed by atoms with Crippen molar-refractivity contribution in [1.29, 1.82) is 0 Å². The van der Waals surface area contributed by atoms with E-state index < -0.39 is 0 Å². The highest BCUT2D eigenvalue weighted by Gasteiger charge is 2.29. The van der Waals surface area contributed by atoms with Gasteiger partial charge in [-0.25, -0.2) is 0 Å². The lowest BCUT2D eigenvalue weighted by Crippen LogP contribution is -2.59. The Kier molecular flexibility index (Phi) is 6.45. The summed E-state index contributed by atoms with van der Waals surface area (Å²) >= 11 is 0. The van der Waals surface area contributed by atoms with Crippen molar-refractivity contribution in [2.24, 2.45) is 5.92 Å². The first kappa shape index (κ1) is 14.9. The molecule has 1 aliphatic heterocycles. The van der Waals surface area contributed by atoms with Crippen LogP contribution in [0.25, 0.3) is 0 Å². The SMILES string of the molecule is CCOC(C)CN1CC(CC)NCC1C(C)C. The van der Waals surface area contributed by atoms with Gasteiger partial charge in [0, 0.05) is 38.3 Å². The van der Waals surface area contributed by atoms with Crippen molar-refractivity contribution < 1.29 is 4.74 Å². The molecular weight excluding hydrogens is 212 g/mol. The summed E-state index contributed by atoms with van der Waals surface area (Å²) in [6.45, 7) is 15.3. The second kappa shape index (κ2) is 7.34. The number of ether oxygens (including phenoxy) is 1. The quantitative estimate of drug-likeness (QED) is 0.772. The molecule has 0 saturated carbocycles. The van der Waals surface area contributed by atoms with Gasteiger partial charge in [-0.2, -0.15) is 0 Å². The maximum Gasteiger partial charge on any atom is 0.0673 e. The molecule has 3 unspecified atom stereocenters. The van der Waals surface area contributed by atoms with Crippen molar-refractivity contribution in [3.8, 4) is 0 Å². The highest BCUT2D eigenvalue weighted by Crippen LogP contribution is 2.17. The van der Waals surface area contributed by atoms with Crippen LogP contribution in [0.5, 0.6) is 0 Å². The van der Waals surface area contributed by atoms with Crippen LogP contribution < -0.4 is 5.32 Å². The van der Waals surface area contributed by atoms with Crippen LogP contribution in [0.1, 0.15) is 41.0 Å². The number of hydrogen-bond donors (Lipinski definition) is 1. The highest BCUT2D eigenvalue weighted by atomic mass is 16.5. The van der Waals surface area contributed by atoms with E-state index in [0.717, 1.165) is 26.2 Å². The van der Waals surface area contributed by atoms with Gasteiger partial charge in [-0.15, -0.1) is 0 Å². The van der Waals surface area contributed by atoms with Gasteiger partial charge in [0.25, 0.3) is 0 Å². The van der Waals surface area contributed by atoms with Gasteiger partial charge in [-0.3, -0.25) is 4.90 Å². The summed E-state index contributed by atoms with van der Waals surface area (Å²) in [5, 5.41) is 3.65. The predicted octanol–water partition coefficient (Wildman–Crippen LogP) is 2.12. The third kappa shape index (κ3) is 4.57. The van der Waals surface area contributed by atoms with Crippen LogP contribution in [0.2, 0.25) is 0 Å². The maximum atomic E-state index is 5.68.